The molecule has 4 aliphatic rings. The SMILES string of the molecule is O=C1C2=C(C3=C(c4ccccc4C3=O)C3C(=O)c4ccccc4C23)c2ccccc21. The monoisotopic (exact) mass is 386 g/mol. The zero-order chi connectivity index (χ0) is 20.1. The van der Waals surface area contributed by atoms with E-state index in [2.05, 4.69) is 0 Å². The van der Waals surface area contributed by atoms with Crippen LogP contribution < -0.4 is 0 Å². The zero-order valence-electron chi connectivity index (χ0n) is 15.8. The Morgan fingerprint density at radius 2 is 1.03 bits per heavy atom. The number of carbonyl (C=O) groups is 3. The second kappa shape index (κ2) is 5.19. The number of carbonyl (C=O) groups excluding carboxylic acids is 3. The molecule has 3 nitrogen and oxygen atoms in total. The number of benzene rings is 3. The van der Waals surface area contributed by atoms with Gasteiger partial charge in [0.15, 0.2) is 17.3 Å². The van der Waals surface area contributed by atoms with Gasteiger partial charge in [-0.2, -0.15) is 0 Å². The summed E-state index contributed by atoms with van der Waals surface area (Å²) in [4.78, 5) is 40.7. The van der Waals surface area contributed by atoms with Crippen LogP contribution in [0.25, 0.3) is 11.1 Å². The van der Waals surface area contributed by atoms with Gasteiger partial charge in [-0.05, 0) is 22.3 Å². The highest BCUT2D eigenvalue weighted by Gasteiger charge is 2.55. The van der Waals surface area contributed by atoms with Crippen molar-refractivity contribution in [2.24, 2.45) is 5.92 Å². The largest absolute Gasteiger partial charge is 0.293 e. The van der Waals surface area contributed by atoms with Crippen molar-refractivity contribution < 1.29 is 14.4 Å². The van der Waals surface area contributed by atoms with Crippen LogP contribution in [-0.2, 0) is 0 Å². The summed E-state index contributed by atoms with van der Waals surface area (Å²) in [5.41, 5.74) is 7.12. The molecule has 3 heteroatoms. The van der Waals surface area contributed by atoms with Crippen molar-refractivity contribution >= 4 is 28.5 Å². The highest BCUT2D eigenvalue weighted by atomic mass is 16.1. The fraction of sp³-hybridized carbons (Fsp3) is 0.0741. The van der Waals surface area contributed by atoms with Gasteiger partial charge in [0, 0.05) is 39.3 Å². The fourth-order valence-electron chi connectivity index (χ4n) is 5.86. The summed E-state index contributed by atoms with van der Waals surface area (Å²) in [5, 5.41) is 0. The smallest absolute Gasteiger partial charge is 0.194 e. The molecule has 0 N–H and O–H groups in total. The third kappa shape index (κ3) is 1.63. The summed E-state index contributed by atoms with van der Waals surface area (Å²) in [6.45, 7) is 0. The Labute approximate surface area is 172 Å². The van der Waals surface area contributed by atoms with Crippen molar-refractivity contribution in [3.8, 4) is 0 Å². The lowest BCUT2D eigenvalue weighted by Gasteiger charge is -2.29. The number of hydrogen-bond donors (Lipinski definition) is 0. The molecule has 4 aliphatic carbocycles. The van der Waals surface area contributed by atoms with Crippen LogP contribution in [0.4, 0.5) is 0 Å². The molecular weight excluding hydrogens is 372 g/mol. The lowest BCUT2D eigenvalue weighted by Crippen LogP contribution is -2.24. The van der Waals surface area contributed by atoms with Gasteiger partial charge in [0.05, 0.1) is 5.92 Å². The predicted molar refractivity (Wildman–Crippen MR) is 112 cm³/mol. The Bertz CT molecular complexity index is 1450. The molecule has 3 aromatic carbocycles. The standard InChI is InChI=1S/C27H14O3/c28-25-16-10-4-1-7-13(16)19-22(25)20-15-9-3-6-12-18(15)27(30)24(20)21-14-8-2-5-11-17(14)26(29)23(19)21/h1-12,19,22H. The van der Waals surface area contributed by atoms with Gasteiger partial charge >= 0.3 is 0 Å². The Balaban J connectivity index is 1.64. The van der Waals surface area contributed by atoms with Crippen molar-refractivity contribution in [1.29, 1.82) is 0 Å². The maximum atomic E-state index is 13.6. The number of rotatable bonds is 0. The van der Waals surface area contributed by atoms with Gasteiger partial charge in [-0.15, -0.1) is 0 Å². The normalized spacial score (nSPS) is 22.6. The Morgan fingerprint density at radius 3 is 1.77 bits per heavy atom. The van der Waals surface area contributed by atoms with Gasteiger partial charge in [0.1, 0.15) is 0 Å². The van der Waals surface area contributed by atoms with Crippen LogP contribution in [0.1, 0.15) is 53.7 Å². The molecule has 0 fully saturated rings. The second-order valence-corrected chi connectivity index (χ2v) is 8.23. The minimum Gasteiger partial charge on any atom is -0.293 e. The molecule has 3 aromatic rings. The summed E-state index contributed by atoms with van der Waals surface area (Å²) in [6.07, 6.45) is 0. The third-order valence-corrected chi connectivity index (χ3v) is 6.96. The molecule has 2 atom stereocenters. The molecular formula is C27H14O3. The first-order valence-electron chi connectivity index (χ1n) is 10.1. The Hall–Kier alpha value is -3.85. The van der Waals surface area contributed by atoms with Crippen LogP contribution in [0.5, 0.6) is 0 Å². The van der Waals surface area contributed by atoms with Crippen LogP contribution >= 0.6 is 0 Å². The van der Waals surface area contributed by atoms with Crippen LogP contribution in [0.3, 0.4) is 0 Å². The number of fused-ring (bicyclic) bond motifs is 10. The molecule has 0 aliphatic heterocycles. The fourth-order valence-corrected chi connectivity index (χ4v) is 5.86. The van der Waals surface area contributed by atoms with E-state index in [0.717, 1.165) is 27.8 Å². The highest BCUT2D eigenvalue weighted by Crippen LogP contribution is 2.61. The number of Topliss-reactive ketones (excluding diaryl/α,β-unsaturated/α-hetero) is 3. The molecule has 140 valence electrons. The second-order valence-electron chi connectivity index (χ2n) is 8.23. The first-order chi connectivity index (χ1) is 14.7. The summed E-state index contributed by atoms with van der Waals surface area (Å²) in [6, 6.07) is 22.5. The van der Waals surface area contributed by atoms with E-state index >= 15 is 0 Å². The summed E-state index contributed by atoms with van der Waals surface area (Å²) in [5.74, 6) is -1.01. The molecule has 0 aromatic heterocycles. The molecule has 30 heavy (non-hydrogen) atoms. The number of hydrogen-bond acceptors (Lipinski definition) is 3. The van der Waals surface area contributed by atoms with Gasteiger partial charge < -0.3 is 0 Å². The van der Waals surface area contributed by atoms with Crippen LogP contribution in [0.2, 0.25) is 0 Å². The molecule has 0 saturated carbocycles. The van der Waals surface area contributed by atoms with E-state index in [0.29, 0.717) is 27.8 Å². The van der Waals surface area contributed by atoms with Crippen molar-refractivity contribution in [2.75, 3.05) is 0 Å². The minimum absolute atomic E-state index is 0.00269. The summed E-state index contributed by atoms with van der Waals surface area (Å²) < 4.78 is 0. The number of ketones is 3. The lowest BCUT2D eigenvalue weighted by atomic mass is 9.71. The molecule has 0 amide bonds. The van der Waals surface area contributed by atoms with Gasteiger partial charge in [-0.3, -0.25) is 14.4 Å². The first kappa shape index (κ1) is 16.0. The first-order valence-corrected chi connectivity index (χ1v) is 10.1. The van der Waals surface area contributed by atoms with E-state index in [-0.39, 0.29) is 23.3 Å². The molecule has 2 unspecified atom stereocenters. The van der Waals surface area contributed by atoms with E-state index in [1.54, 1.807) is 0 Å². The van der Waals surface area contributed by atoms with E-state index in [1.165, 1.54) is 0 Å². The molecule has 0 heterocycles. The van der Waals surface area contributed by atoms with Gasteiger partial charge in [0.2, 0.25) is 0 Å². The topological polar surface area (TPSA) is 51.2 Å². The summed E-state index contributed by atoms with van der Waals surface area (Å²) in [7, 11) is 0. The maximum absolute atomic E-state index is 13.6. The van der Waals surface area contributed by atoms with Gasteiger partial charge in [-0.1, -0.05) is 72.8 Å². The molecule has 7 rings (SSSR count). The lowest BCUT2D eigenvalue weighted by molar-refractivity contribution is 0.0955. The van der Waals surface area contributed by atoms with Crippen molar-refractivity contribution in [3.63, 3.8) is 0 Å². The van der Waals surface area contributed by atoms with Gasteiger partial charge in [0.25, 0.3) is 0 Å². The Morgan fingerprint density at radius 1 is 0.467 bits per heavy atom. The van der Waals surface area contributed by atoms with Crippen LogP contribution in [0.15, 0.2) is 83.9 Å². The predicted octanol–water partition coefficient (Wildman–Crippen LogP) is 4.90. The van der Waals surface area contributed by atoms with E-state index in [9.17, 15) is 14.4 Å². The average Bonchev–Trinajstić information content (AvgIpc) is 3.36. The van der Waals surface area contributed by atoms with E-state index in [4.69, 9.17) is 0 Å². The Kier molecular flexibility index (Phi) is 2.77. The van der Waals surface area contributed by atoms with Crippen molar-refractivity contribution in [1.82, 2.24) is 0 Å². The van der Waals surface area contributed by atoms with Crippen LogP contribution in [-0.4, -0.2) is 17.3 Å². The van der Waals surface area contributed by atoms with Crippen LogP contribution in [0, 0.1) is 5.92 Å². The third-order valence-electron chi connectivity index (χ3n) is 6.96. The highest BCUT2D eigenvalue weighted by molar-refractivity contribution is 6.38. The molecule has 0 bridgehead atoms. The quantitative estimate of drug-likeness (QED) is 0.552. The summed E-state index contributed by atoms with van der Waals surface area (Å²) >= 11 is 0. The maximum Gasteiger partial charge on any atom is 0.194 e. The van der Waals surface area contributed by atoms with Gasteiger partial charge in [-0.25, -0.2) is 0 Å². The average molecular weight is 386 g/mol. The van der Waals surface area contributed by atoms with E-state index < -0.39 is 5.92 Å². The molecule has 0 saturated heterocycles. The molecule has 0 spiro atoms. The van der Waals surface area contributed by atoms with E-state index in [1.807, 2.05) is 72.8 Å². The molecule has 0 radical (unpaired) electrons. The van der Waals surface area contributed by atoms with Crippen molar-refractivity contribution in [3.05, 3.63) is 117 Å². The number of allylic oxidation sites excluding steroid dienone is 4. The zero-order valence-corrected chi connectivity index (χ0v) is 15.8. The van der Waals surface area contributed by atoms with Crippen molar-refractivity contribution in [2.45, 2.75) is 5.92 Å². The minimum atomic E-state index is -0.526.